The second kappa shape index (κ2) is 4.06. The van der Waals surface area contributed by atoms with Crippen molar-refractivity contribution in [2.24, 2.45) is 0 Å². The number of aromatic nitrogens is 1. The molecule has 1 aliphatic heterocycles. The van der Waals surface area contributed by atoms with E-state index in [-0.39, 0.29) is 0 Å². The fourth-order valence-electron chi connectivity index (χ4n) is 2.38. The number of aryl methyl sites for hydroxylation is 1. The Balaban J connectivity index is 1.97. The second-order valence-electron chi connectivity index (χ2n) is 4.43. The number of benzene rings is 1. The summed E-state index contributed by atoms with van der Waals surface area (Å²) in [6.45, 7) is 4.50. The molecule has 0 unspecified atom stereocenters. The van der Waals surface area contributed by atoms with Gasteiger partial charge in [-0.05, 0) is 44.4 Å². The summed E-state index contributed by atoms with van der Waals surface area (Å²) in [5, 5.41) is 1.16. The van der Waals surface area contributed by atoms with Crippen LogP contribution in [0.1, 0.15) is 24.3 Å². The van der Waals surface area contributed by atoms with E-state index in [2.05, 4.69) is 35.0 Å². The first-order valence-corrected chi connectivity index (χ1v) is 6.77. The van der Waals surface area contributed by atoms with Crippen LogP contribution in [0.4, 0.5) is 5.69 Å². The highest BCUT2D eigenvalue weighted by molar-refractivity contribution is 7.18. The molecule has 0 aliphatic carbocycles. The van der Waals surface area contributed by atoms with Crippen LogP contribution in [0.15, 0.2) is 18.2 Å². The van der Waals surface area contributed by atoms with Gasteiger partial charge in [0.25, 0.3) is 0 Å². The Kier molecular flexibility index (Phi) is 2.56. The zero-order valence-electron chi connectivity index (χ0n) is 9.57. The first kappa shape index (κ1) is 10.1. The third-order valence-electron chi connectivity index (χ3n) is 3.20. The molecule has 1 saturated heterocycles. The Hall–Kier alpha value is -1.09. The van der Waals surface area contributed by atoms with Gasteiger partial charge in [-0.3, -0.25) is 0 Å². The molecule has 0 saturated carbocycles. The lowest BCUT2D eigenvalue weighted by Crippen LogP contribution is -2.29. The summed E-state index contributed by atoms with van der Waals surface area (Å²) >= 11 is 1.79. The quantitative estimate of drug-likeness (QED) is 0.747. The summed E-state index contributed by atoms with van der Waals surface area (Å²) in [7, 11) is 0. The number of nitrogens with zero attached hydrogens (tertiary/aromatic N) is 2. The number of anilines is 1. The topological polar surface area (TPSA) is 16.1 Å². The third kappa shape index (κ3) is 1.80. The van der Waals surface area contributed by atoms with Gasteiger partial charge in [-0.2, -0.15) is 0 Å². The number of fused-ring (bicyclic) bond motifs is 1. The number of hydrogen-bond donors (Lipinski definition) is 0. The number of piperidine rings is 1. The van der Waals surface area contributed by atoms with Gasteiger partial charge in [0.15, 0.2) is 0 Å². The molecule has 2 nitrogen and oxygen atoms in total. The van der Waals surface area contributed by atoms with Gasteiger partial charge in [-0.15, -0.1) is 11.3 Å². The molecular formula is C13H16N2S. The minimum absolute atomic E-state index is 1.14. The van der Waals surface area contributed by atoms with Gasteiger partial charge < -0.3 is 4.90 Å². The summed E-state index contributed by atoms with van der Waals surface area (Å²) in [6, 6.07) is 6.67. The maximum absolute atomic E-state index is 4.50. The lowest BCUT2D eigenvalue weighted by molar-refractivity contribution is 0.578. The molecule has 3 heteroatoms. The minimum Gasteiger partial charge on any atom is -0.371 e. The van der Waals surface area contributed by atoms with Gasteiger partial charge in [0.2, 0.25) is 0 Å². The smallest absolute Gasteiger partial charge is 0.0907 e. The molecular weight excluding hydrogens is 216 g/mol. The highest BCUT2D eigenvalue weighted by Crippen LogP contribution is 2.28. The largest absolute Gasteiger partial charge is 0.371 e. The van der Waals surface area contributed by atoms with E-state index in [1.165, 1.54) is 42.7 Å². The first-order chi connectivity index (χ1) is 7.83. The Bertz CT molecular complexity index is 498. The third-order valence-corrected chi connectivity index (χ3v) is 4.13. The fourth-order valence-corrected chi connectivity index (χ4v) is 3.24. The lowest BCUT2D eigenvalue weighted by Gasteiger charge is -2.28. The van der Waals surface area contributed by atoms with E-state index in [0.717, 1.165) is 10.5 Å². The van der Waals surface area contributed by atoms with Crippen LogP contribution in [0.5, 0.6) is 0 Å². The first-order valence-electron chi connectivity index (χ1n) is 5.95. The van der Waals surface area contributed by atoms with Crippen molar-refractivity contribution >= 4 is 27.2 Å². The van der Waals surface area contributed by atoms with E-state index in [4.69, 9.17) is 0 Å². The maximum atomic E-state index is 4.50. The van der Waals surface area contributed by atoms with Gasteiger partial charge in [0, 0.05) is 18.8 Å². The number of thiazole rings is 1. The molecule has 84 valence electrons. The second-order valence-corrected chi connectivity index (χ2v) is 5.67. The van der Waals surface area contributed by atoms with Crippen molar-refractivity contribution in [1.82, 2.24) is 4.98 Å². The van der Waals surface area contributed by atoms with Crippen LogP contribution in [0, 0.1) is 6.92 Å². The van der Waals surface area contributed by atoms with E-state index < -0.39 is 0 Å². The Morgan fingerprint density at radius 2 is 2.00 bits per heavy atom. The average Bonchev–Trinajstić information content (AvgIpc) is 2.69. The van der Waals surface area contributed by atoms with Crippen LogP contribution in [0.2, 0.25) is 0 Å². The van der Waals surface area contributed by atoms with E-state index in [9.17, 15) is 0 Å². The molecule has 1 fully saturated rings. The van der Waals surface area contributed by atoms with Crippen molar-refractivity contribution in [3.05, 3.63) is 23.2 Å². The predicted molar refractivity (Wildman–Crippen MR) is 70.4 cm³/mol. The van der Waals surface area contributed by atoms with Gasteiger partial charge in [0.1, 0.15) is 0 Å². The Morgan fingerprint density at radius 1 is 1.19 bits per heavy atom. The zero-order chi connectivity index (χ0) is 11.0. The van der Waals surface area contributed by atoms with Crippen LogP contribution >= 0.6 is 11.3 Å². The van der Waals surface area contributed by atoms with Gasteiger partial charge >= 0.3 is 0 Å². The molecule has 0 radical (unpaired) electrons. The van der Waals surface area contributed by atoms with Crippen molar-refractivity contribution in [2.45, 2.75) is 26.2 Å². The van der Waals surface area contributed by atoms with E-state index in [1.54, 1.807) is 11.3 Å². The van der Waals surface area contributed by atoms with Crippen LogP contribution < -0.4 is 4.90 Å². The Morgan fingerprint density at radius 3 is 2.81 bits per heavy atom. The highest BCUT2D eigenvalue weighted by Gasteiger charge is 2.11. The molecule has 0 atom stereocenters. The summed E-state index contributed by atoms with van der Waals surface area (Å²) in [5.74, 6) is 0. The predicted octanol–water partition coefficient (Wildman–Crippen LogP) is 3.60. The van der Waals surface area contributed by atoms with E-state index in [0.29, 0.717) is 0 Å². The van der Waals surface area contributed by atoms with Crippen molar-refractivity contribution in [1.29, 1.82) is 0 Å². The van der Waals surface area contributed by atoms with Crippen molar-refractivity contribution in [2.75, 3.05) is 18.0 Å². The minimum atomic E-state index is 1.14. The summed E-state index contributed by atoms with van der Waals surface area (Å²) in [6.07, 6.45) is 4.05. The van der Waals surface area contributed by atoms with Crippen LogP contribution in [-0.4, -0.2) is 18.1 Å². The molecule has 1 aromatic carbocycles. The van der Waals surface area contributed by atoms with Crippen LogP contribution in [-0.2, 0) is 0 Å². The van der Waals surface area contributed by atoms with Gasteiger partial charge in [0.05, 0.1) is 15.2 Å². The lowest BCUT2D eigenvalue weighted by atomic mass is 10.1. The summed E-state index contributed by atoms with van der Waals surface area (Å²) in [4.78, 5) is 7.00. The zero-order valence-corrected chi connectivity index (χ0v) is 10.4. The molecule has 16 heavy (non-hydrogen) atoms. The fraction of sp³-hybridized carbons (Fsp3) is 0.462. The van der Waals surface area contributed by atoms with E-state index >= 15 is 0 Å². The normalized spacial score (nSPS) is 16.9. The molecule has 0 spiro atoms. The van der Waals surface area contributed by atoms with Crippen molar-refractivity contribution in [3.8, 4) is 0 Å². The molecule has 1 aromatic heterocycles. The molecule has 2 aromatic rings. The number of rotatable bonds is 1. The molecule has 1 aliphatic rings. The summed E-state index contributed by atoms with van der Waals surface area (Å²) in [5.41, 5.74) is 2.51. The monoisotopic (exact) mass is 232 g/mol. The summed E-state index contributed by atoms with van der Waals surface area (Å²) < 4.78 is 1.32. The highest BCUT2D eigenvalue weighted by atomic mass is 32.1. The number of hydrogen-bond acceptors (Lipinski definition) is 3. The molecule has 2 heterocycles. The molecule has 0 amide bonds. The SMILES string of the molecule is Cc1nc2ccc(N3CCCCC3)cc2s1. The molecule has 0 N–H and O–H groups in total. The van der Waals surface area contributed by atoms with E-state index in [1.807, 2.05) is 0 Å². The Labute approximate surface area is 99.9 Å². The van der Waals surface area contributed by atoms with Gasteiger partial charge in [-0.1, -0.05) is 0 Å². The maximum Gasteiger partial charge on any atom is 0.0907 e. The van der Waals surface area contributed by atoms with Gasteiger partial charge in [-0.25, -0.2) is 4.98 Å². The molecule has 0 bridgehead atoms. The average molecular weight is 232 g/mol. The molecule has 3 rings (SSSR count). The van der Waals surface area contributed by atoms with Crippen molar-refractivity contribution < 1.29 is 0 Å². The van der Waals surface area contributed by atoms with Crippen LogP contribution in [0.25, 0.3) is 10.2 Å². The van der Waals surface area contributed by atoms with Crippen LogP contribution in [0.3, 0.4) is 0 Å². The standard InChI is InChI=1S/C13H16N2S/c1-10-14-12-6-5-11(9-13(12)16-10)15-7-3-2-4-8-15/h5-6,9H,2-4,7-8H2,1H3. The van der Waals surface area contributed by atoms with Crippen molar-refractivity contribution in [3.63, 3.8) is 0 Å².